The molecule has 0 aliphatic heterocycles. The van der Waals surface area contributed by atoms with Gasteiger partial charge in [0.25, 0.3) is 0 Å². The maximum absolute atomic E-state index is 12.1. The summed E-state index contributed by atoms with van der Waals surface area (Å²) in [6.07, 6.45) is 2.20. The van der Waals surface area contributed by atoms with E-state index in [1.165, 1.54) is 0 Å². The third-order valence-electron chi connectivity index (χ3n) is 3.41. The number of hydrogen-bond acceptors (Lipinski definition) is 2. The molecule has 0 saturated heterocycles. The molecule has 0 bridgehead atoms. The highest BCUT2D eigenvalue weighted by atomic mass is 16.3. The Labute approximate surface area is 128 Å². The van der Waals surface area contributed by atoms with Crippen LogP contribution < -0.4 is 5.32 Å². The van der Waals surface area contributed by atoms with E-state index in [0.717, 1.165) is 12.0 Å². The zero-order valence-corrected chi connectivity index (χ0v) is 13.7. The summed E-state index contributed by atoms with van der Waals surface area (Å²) in [5, 5.41) is 12.4. The number of rotatable bonds is 7. The van der Waals surface area contributed by atoms with Crippen LogP contribution in [0, 0.1) is 11.3 Å². The minimum Gasteiger partial charge on any atom is -0.394 e. The summed E-state index contributed by atoms with van der Waals surface area (Å²) in [4.78, 5) is 12.1. The molecule has 0 aromatic heterocycles. The number of carbonyl (C=O) groups is 1. The summed E-state index contributed by atoms with van der Waals surface area (Å²) in [6.45, 7) is 8.64. The van der Waals surface area contributed by atoms with Gasteiger partial charge in [-0.3, -0.25) is 4.79 Å². The Morgan fingerprint density at radius 3 is 2.38 bits per heavy atom. The molecule has 1 aromatic rings. The molecule has 21 heavy (non-hydrogen) atoms. The van der Waals surface area contributed by atoms with Gasteiger partial charge >= 0.3 is 0 Å². The SMILES string of the molecule is CC(CC(=O)N[C@@H](CO)Cc1ccccc1)CC(C)(C)C. The fourth-order valence-electron chi connectivity index (χ4n) is 2.78. The van der Waals surface area contributed by atoms with Crippen molar-refractivity contribution in [2.45, 2.75) is 53.0 Å². The molecule has 2 N–H and O–H groups in total. The van der Waals surface area contributed by atoms with Crippen LogP contribution in [-0.4, -0.2) is 23.7 Å². The van der Waals surface area contributed by atoms with Crippen LogP contribution in [0.5, 0.6) is 0 Å². The van der Waals surface area contributed by atoms with Gasteiger partial charge in [0.05, 0.1) is 12.6 Å². The Morgan fingerprint density at radius 2 is 1.86 bits per heavy atom. The number of aliphatic hydroxyl groups is 1. The summed E-state index contributed by atoms with van der Waals surface area (Å²) in [7, 11) is 0. The predicted octanol–water partition coefficient (Wildman–Crippen LogP) is 3.17. The van der Waals surface area contributed by atoms with Crippen molar-refractivity contribution < 1.29 is 9.90 Å². The summed E-state index contributed by atoms with van der Waals surface area (Å²) < 4.78 is 0. The van der Waals surface area contributed by atoms with Crippen molar-refractivity contribution >= 4 is 5.91 Å². The first-order valence-corrected chi connectivity index (χ1v) is 7.74. The maximum Gasteiger partial charge on any atom is 0.220 e. The number of nitrogens with one attached hydrogen (secondary N) is 1. The van der Waals surface area contributed by atoms with Crippen molar-refractivity contribution in [3.05, 3.63) is 35.9 Å². The Hall–Kier alpha value is -1.35. The number of benzene rings is 1. The van der Waals surface area contributed by atoms with Crippen molar-refractivity contribution in [3.8, 4) is 0 Å². The van der Waals surface area contributed by atoms with Gasteiger partial charge in [0.15, 0.2) is 0 Å². The van der Waals surface area contributed by atoms with E-state index in [-0.39, 0.29) is 24.0 Å². The molecule has 2 atom stereocenters. The van der Waals surface area contributed by atoms with Gasteiger partial charge in [0.1, 0.15) is 0 Å². The highest BCUT2D eigenvalue weighted by Crippen LogP contribution is 2.25. The van der Waals surface area contributed by atoms with Crippen molar-refractivity contribution in [2.24, 2.45) is 11.3 Å². The Kier molecular flexibility index (Phi) is 6.90. The molecule has 0 spiro atoms. The van der Waals surface area contributed by atoms with E-state index in [9.17, 15) is 9.90 Å². The number of aliphatic hydroxyl groups excluding tert-OH is 1. The molecule has 118 valence electrons. The molecule has 1 unspecified atom stereocenters. The Morgan fingerprint density at radius 1 is 1.24 bits per heavy atom. The molecular formula is C18H29NO2. The standard InChI is InChI=1S/C18H29NO2/c1-14(12-18(2,3)4)10-17(21)19-16(13-20)11-15-8-6-5-7-9-15/h5-9,14,16,20H,10-13H2,1-4H3,(H,19,21)/t14?,16-/m1/s1. The molecular weight excluding hydrogens is 262 g/mol. The fourth-order valence-corrected chi connectivity index (χ4v) is 2.78. The summed E-state index contributed by atoms with van der Waals surface area (Å²) >= 11 is 0. The van der Waals surface area contributed by atoms with Gasteiger partial charge in [-0.1, -0.05) is 58.0 Å². The zero-order valence-electron chi connectivity index (χ0n) is 13.7. The van der Waals surface area contributed by atoms with Crippen molar-refractivity contribution in [1.82, 2.24) is 5.32 Å². The Bertz CT molecular complexity index is 423. The topological polar surface area (TPSA) is 49.3 Å². The van der Waals surface area contributed by atoms with Crippen LogP contribution >= 0.6 is 0 Å². The Balaban J connectivity index is 2.44. The highest BCUT2D eigenvalue weighted by molar-refractivity contribution is 5.76. The molecule has 3 nitrogen and oxygen atoms in total. The van der Waals surface area contributed by atoms with Crippen molar-refractivity contribution in [2.75, 3.05) is 6.61 Å². The normalized spacial score (nSPS) is 14.5. The molecule has 0 fully saturated rings. The number of hydrogen-bond donors (Lipinski definition) is 2. The number of amides is 1. The van der Waals surface area contributed by atoms with Crippen LogP contribution in [-0.2, 0) is 11.2 Å². The summed E-state index contributed by atoms with van der Waals surface area (Å²) in [6, 6.07) is 9.72. The van der Waals surface area contributed by atoms with Crippen LogP contribution in [0.3, 0.4) is 0 Å². The summed E-state index contributed by atoms with van der Waals surface area (Å²) in [5.41, 5.74) is 1.36. The maximum atomic E-state index is 12.1. The monoisotopic (exact) mass is 291 g/mol. The average Bonchev–Trinajstić information content (AvgIpc) is 2.36. The zero-order chi connectivity index (χ0) is 15.9. The van der Waals surface area contributed by atoms with E-state index in [0.29, 0.717) is 18.8 Å². The second-order valence-electron chi connectivity index (χ2n) is 7.21. The minimum absolute atomic E-state index is 0.0294. The lowest BCUT2D eigenvalue weighted by Crippen LogP contribution is -2.39. The third kappa shape index (κ3) is 7.86. The lowest BCUT2D eigenvalue weighted by atomic mass is 9.84. The van der Waals surface area contributed by atoms with Gasteiger partial charge in [0, 0.05) is 6.42 Å². The highest BCUT2D eigenvalue weighted by Gasteiger charge is 2.19. The van der Waals surface area contributed by atoms with Crippen molar-refractivity contribution in [1.29, 1.82) is 0 Å². The summed E-state index contributed by atoms with van der Waals surface area (Å²) in [5.74, 6) is 0.378. The first-order valence-electron chi connectivity index (χ1n) is 7.74. The van der Waals surface area contributed by atoms with Gasteiger partial charge in [-0.15, -0.1) is 0 Å². The molecule has 0 saturated carbocycles. The van der Waals surface area contributed by atoms with Crippen LogP contribution in [0.2, 0.25) is 0 Å². The lowest BCUT2D eigenvalue weighted by molar-refractivity contribution is -0.123. The van der Waals surface area contributed by atoms with Gasteiger partial charge in [-0.2, -0.15) is 0 Å². The van der Waals surface area contributed by atoms with E-state index in [2.05, 4.69) is 33.0 Å². The van der Waals surface area contributed by atoms with Gasteiger partial charge in [0.2, 0.25) is 5.91 Å². The predicted molar refractivity (Wildman–Crippen MR) is 87.0 cm³/mol. The van der Waals surface area contributed by atoms with Crippen LogP contribution in [0.15, 0.2) is 30.3 Å². The van der Waals surface area contributed by atoms with Gasteiger partial charge in [-0.25, -0.2) is 0 Å². The molecule has 0 aliphatic carbocycles. The minimum atomic E-state index is -0.207. The molecule has 0 aliphatic rings. The van der Waals surface area contributed by atoms with Crippen LogP contribution in [0.25, 0.3) is 0 Å². The van der Waals surface area contributed by atoms with Crippen LogP contribution in [0.1, 0.15) is 46.1 Å². The molecule has 1 aromatic carbocycles. The van der Waals surface area contributed by atoms with Gasteiger partial charge < -0.3 is 10.4 Å². The van der Waals surface area contributed by atoms with E-state index in [1.54, 1.807) is 0 Å². The van der Waals surface area contributed by atoms with E-state index < -0.39 is 0 Å². The van der Waals surface area contributed by atoms with Crippen molar-refractivity contribution in [3.63, 3.8) is 0 Å². The van der Waals surface area contributed by atoms with Gasteiger partial charge in [-0.05, 0) is 29.7 Å². The van der Waals surface area contributed by atoms with Crippen LogP contribution in [0.4, 0.5) is 0 Å². The quantitative estimate of drug-likeness (QED) is 0.810. The second-order valence-corrected chi connectivity index (χ2v) is 7.21. The fraction of sp³-hybridized carbons (Fsp3) is 0.611. The largest absolute Gasteiger partial charge is 0.394 e. The van der Waals surface area contributed by atoms with E-state index >= 15 is 0 Å². The first-order chi connectivity index (χ1) is 9.80. The molecule has 0 heterocycles. The van der Waals surface area contributed by atoms with E-state index in [1.807, 2.05) is 30.3 Å². The van der Waals surface area contributed by atoms with E-state index in [4.69, 9.17) is 0 Å². The molecule has 1 rings (SSSR count). The first kappa shape index (κ1) is 17.7. The second kappa shape index (κ2) is 8.18. The lowest BCUT2D eigenvalue weighted by Gasteiger charge is -2.24. The third-order valence-corrected chi connectivity index (χ3v) is 3.41. The smallest absolute Gasteiger partial charge is 0.220 e. The number of carbonyl (C=O) groups excluding carboxylic acids is 1. The molecule has 1 amide bonds. The molecule has 0 radical (unpaired) electrons. The molecule has 3 heteroatoms. The average molecular weight is 291 g/mol.